The maximum atomic E-state index is 12.6. The van der Waals surface area contributed by atoms with Crippen molar-refractivity contribution in [3.63, 3.8) is 0 Å². The molecule has 11 nitrogen and oxygen atoms in total. The fraction of sp³-hybridized carbons (Fsp3) is 0.677. The van der Waals surface area contributed by atoms with Crippen LogP contribution in [0.25, 0.3) is 0 Å². The van der Waals surface area contributed by atoms with E-state index >= 15 is 0 Å². The minimum atomic E-state index is -1.15. The minimum absolute atomic E-state index is 0.0518. The van der Waals surface area contributed by atoms with Crippen molar-refractivity contribution in [1.82, 2.24) is 10.6 Å². The van der Waals surface area contributed by atoms with Gasteiger partial charge >= 0.3 is 18.2 Å². The second-order valence-electron chi connectivity index (χ2n) is 13.3. The summed E-state index contributed by atoms with van der Waals surface area (Å²) in [6.07, 6.45) is 2.31. The highest BCUT2D eigenvalue weighted by Gasteiger charge is 2.35. The number of unbranched alkanes of at least 4 members (excludes halogenated alkanes) is 3. The highest BCUT2D eigenvalue weighted by molar-refractivity contribution is 6.01. The molecule has 0 aliphatic rings. The molecule has 4 N–H and O–H groups in total. The summed E-state index contributed by atoms with van der Waals surface area (Å²) in [7, 11) is 1.34. The lowest BCUT2D eigenvalue weighted by molar-refractivity contribution is -0.147. The lowest BCUT2D eigenvalue weighted by atomic mass is 9.86. The van der Waals surface area contributed by atoms with Crippen molar-refractivity contribution >= 4 is 24.1 Å². The van der Waals surface area contributed by atoms with Crippen LogP contribution in [0.4, 0.5) is 9.59 Å². The van der Waals surface area contributed by atoms with Crippen LogP contribution in [-0.2, 0) is 25.4 Å². The maximum absolute atomic E-state index is 12.6. The van der Waals surface area contributed by atoms with Gasteiger partial charge in [0.1, 0.15) is 28.1 Å². The summed E-state index contributed by atoms with van der Waals surface area (Å²) in [5, 5.41) is 4.94. The van der Waals surface area contributed by atoms with Crippen LogP contribution in [0.15, 0.2) is 29.3 Å². The van der Waals surface area contributed by atoms with E-state index in [0.717, 1.165) is 24.2 Å². The summed E-state index contributed by atoms with van der Waals surface area (Å²) >= 11 is 0. The number of nitrogens with one attached hydrogen (secondary N) is 2. The number of hydrogen-bond donors (Lipinski definition) is 3. The van der Waals surface area contributed by atoms with Crippen LogP contribution in [0.2, 0.25) is 0 Å². The summed E-state index contributed by atoms with van der Waals surface area (Å²) in [4.78, 5) is 41.4. The van der Waals surface area contributed by atoms with Gasteiger partial charge in [0.15, 0.2) is 0 Å². The Hall–Kier alpha value is -3.34. The molecule has 0 unspecified atom stereocenters. The monoisotopic (exact) mass is 592 g/mol. The molecule has 42 heavy (non-hydrogen) atoms. The Morgan fingerprint density at radius 3 is 1.71 bits per heavy atom. The van der Waals surface area contributed by atoms with Gasteiger partial charge in [-0.1, -0.05) is 31.4 Å². The molecule has 0 saturated carbocycles. The number of carbonyl (C=O) groups is 3. The third-order valence-electron chi connectivity index (χ3n) is 5.50. The van der Waals surface area contributed by atoms with E-state index < -0.39 is 34.9 Å². The third kappa shape index (κ3) is 16.2. The highest BCUT2D eigenvalue weighted by atomic mass is 16.6. The molecule has 2 amide bonds. The number of methoxy groups -OCH3 is 1. The summed E-state index contributed by atoms with van der Waals surface area (Å²) < 4.78 is 21.4. The van der Waals surface area contributed by atoms with E-state index in [1.165, 1.54) is 7.11 Å². The molecule has 0 spiro atoms. The quantitative estimate of drug-likeness (QED) is 0.0983. The van der Waals surface area contributed by atoms with Gasteiger partial charge in [-0.05, 0) is 92.9 Å². The van der Waals surface area contributed by atoms with Gasteiger partial charge in [0, 0.05) is 13.0 Å². The van der Waals surface area contributed by atoms with Gasteiger partial charge in [0.25, 0.3) is 0 Å². The number of alkyl carbamates (subject to hydrolysis) is 2. The van der Waals surface area contributed by atoms with Crippen LogP contribution >= 0.6 is 0 Å². The SMILES string of the molecule is COC(=O)[C@](N)(CCCCCCN=C(NC(=O)OC(C)(C)C)NC(=O)OC(C)(C)C)Cc1ccc(OC(C)(C)C)cc1. The summed E-state index contributed by atoms with van der Waals surface area (Å²) in [5.41, 5.74) is 4.59. The molecule has 0 aliphatic heterocycles. The molecule has 0 bridgehead atoms. The van der Waals surface area contributed by atoms with Gasteiger partial charge in [-0.25, -0.2) is 9.59 Å². The Balaban J connectivity index is 2.69. The number of nitrogens with zero attached hydrogens (tertiary/aromatic N) is 1. The molecule has 1 aromatic rings. The maximum Gasteiger partial charge on any atom is 0.414 e. The van der Waals surface area contributed by atoms with Crippen molar-refractivity contribution in [2.45, 2.75) is 123 Å². The first kappa shape index (κ1) is 36.7. The predicted molar refractivity (Wildman–Crippen MR) is 164 cm³/mol. The van der Waals surface area contributed by atoms with Crippen LogP contribution in [0, 0.1) is 0 Å². The van der Waals surface area contributed by atoms with Crippen LogP contribution in [0.5, 0.6) is 5.75 Å². The highest BCUT2D eigenvalue weighted by Crippen LogP contribution is 2.24. The second kappa shape index (κ2) is 15.8. The molecule has 1 atom stereocenters. The molecule has 11 heteroatoms. The van der Waals surface area contributed by atoms with Crippen molar-refractivity contribution in [3.05, 3.63) is 29.8 Å². The number of ether oxygens (including phenoxy) is 4. The third-order valence-corrected chi connectivity index (χ3v) is 5.50. The molecule has 0 aliphatic carbocycles. The standard InChI is InChI=1S/C31H52N4O7/c1-28(2,3)40-23-17-15-22(16-18-23)21-31(32,24(36)39-10)19-13-11-12-14-20-33-25(34-26(37)41-29(4,5)6)35-27(38)42-30(7,8)9/h15-18H,11-14,19-21,32H2,1-10H3,(H2,33,34,35,37,38)/t31-/m0/s1. The number of amides is 2. The number of carbonyl (C=O) groups excluding carboxylic acids is 3. The largest absolute Gasteiger partial charge is 0.488 e. The van der Waals surface area contributed by atoms with E-state index in [-0.39, 0.29) is 11.6 Å². The fourth-order valence-electron chi connectivity index (χ4n) is 3.87. The Kier molecular flexibility index (Phi) is 13.8. The van der Waals surface area contributed by atoms with Crippen molar-refractivity contribution in [2.24, 2.45) is 10.7 Å². The van der Waals surface area contributed by atoms with Crippen molar-refractivity contribution in [1.29, 1.82) is 0 Å². The zero-order chi connectivity index (χ0) is 32.2. The van der Waals surface area contributed by atoms with E-state index in [1.807, 2.05) is 45.0 Å². The summed E-state index contributed by atoms with van der Waals surface area (Å²) in [6, 6.07) is 7.58. The first-order valence-corrected chi connectivity index (χ1v) is 14.4. The molecule has 0 heterocycles. The number of guanidine groups is 1. The van der Waals surface area contributed by atoms with Crippen molar-refractivity contribution < 1.29 is 33.3 Å². The summed E-state index contributed by atoms with van der Waals surface area (Å²) in [5.74, 6) is 0.248. The molecular formula is C31H52N4O7. The van der Waals surface area contributed by atoms with Gasteiger partial charge in [0.2, 0.25) is 5.96 Å². The van der Waals surface area contributed by atoms with E-state index in [1.54, 1.807) is 41.5 Å². The predicted octanol–water partition coefficient (Wildman–Crippen LogP) is 5.63. The minimum Gasteiger partial charge on any atom is -0.488 e. The van der Waals surface area contributed by atoms with Gasteiger partial charge in [-0.15, -0.1) is 0 Å². The van der Waals surface area contributed by atoms with E-state index in [4.69, 9.17) is 24.7 Å². The zero-order valence-electron chi connectivity index (χ0n) is 27.1. The van der Waals surface area contributed by atoms with Gasteiger partial charge in [-0.3, -0.25) is 20.4 Å². The number of nitrogens with two attached hydrogens (primary N) is 1. The Morgan fingerprint density at radius 1 is 0.762 bits per heavy atom. The Morgan fingerprint density at radius 2 is 1.26 bits per heavy atom. The Labute approximate surface area is 251 Å². The Bertz CT molecular complexity index is 1020. The molecule has 0 radical (unpaired) electrons. The van der Waals surface area contributed by atoms with E-state index in [9.17, 15) is 14.4 Å². The number of aliphatic imine (C=N–C) groups is 1. The van der Waals surface area contributed by atoms with Gasteiger partial charge in [0.05, 0.1) is 7.11 Å². The van der Waals surface area contributed by atoms with Crippen molar-refractivity contribution in [3.8, 4) is 5.75 Å². The lowest BCUT2D eigenvalue weighted by Gasteiger charge is -2.27. The zero-order valence-corrected chi connectivity index (χ0v) is 27.1. The molecule has 1 rings (SSSR count). The fourth-order valence-corrected chi connectivity index (χ4v) is 3.87. The smallest absolute Gasteiger partial charge is 0.414 e. The molecule has 0 aromatic heterocycles. The van der Waals surface area contributed by atoms with Crippen LogP contribution in [0.1, 0.15) is 100.0 Å². The van der Waals surface area contributed by atoms with Crippen molar-refractivity contribution in [2.75, 3.05) is 13.7 Å². The number of rotatable bonds is 11. The average molecular weight is 593 g/mol. The lowest BCUT2D eigenvalue weighted by Crippen LogP contribution is -2.50. The average Bonchev–Trinajstić information content (AvgIpc) is 2.80. The molecule has 0 fully saturated rings. The van der Waals surface area contributed by atoms with Crippen LogP contribution in [-0.4, -0.2) is 60.1 Å². The van der Waals surface area contributed by atoms with Crippen LogP contribution < -0.4 is 21.1 Å². The van der Waals surface area contributed by atoms with E-state index in [2.05, 4.69) is 15.6 Å². The number of benzene rings is 1. The normalized spacial score (nSPS) is 13.3. The number of esters is 1. The first-order valence-electron chi connectivity index (χ1n) is 14.4. The second-order valence-corrected chi connectivity index (χ2v) is 13.3. The molecule has 238 valence electrons. The van der Waals surface area contributed by atoms with E-state index in [0.29, 0.717) is 32.2 Å². The topological polar surface area (TPSA) is 151 Å². The molecular weight excluding hydrogens is 540 g/mol. The van der Waals surface area contributed by atoms with Crippen LogP contribution in [0.3, 0.4) is 0 Å². The molecule has 1 aromatic carbocycles. The first-order chi connectivity index (χ1) is 19.2. The van der Waals surface area contributed by atoms with Gasteiger partial charge < -0.3 is 24.7 Å². The van der Waals surface area contributed by atoms with Gasteiger partial charge in [-0.2, -0.15) is 0 Å². The number of hydrogen-bond acceptors (Lipinski definition) is 9. The summed E-state index contributed by atoms with van der Waals surface area (Å²) in [6.45, 7) is 16.7. The molecule has 0 saturated heterocycles.